The van der Waals surface area contributed by atoms with Crippen molar-refractivity contribution in [2.75, 3.05) is 31.7 Å². The summed E-state index contributed by atoms with van der Waals surface area (Å²) in [6, 6.07) is 14.4. The molecule has 6 nitrogen and oxygen atoms in total. The first-order chi connectivity index (χ1) is 13.0. The molecule has 0 aliphatic carbocycles. The number of carbonyl (C=O) groups is 2. The number of ether oxygens (including phenoxy) is 2. The predicted octanol–water partition coefficient (Wildman–Crippen LogP) is 3.29. The van der Waals surface area contributed by atoms with Gasteiger partial charge in [-0.2, -0.15) is 0 Å². The molecule has 0 aliphatic heterocycles. The summed E-state index contributed by atoms with van der Waals surface area (Å²) in [6.07, 6.45) is 0.239. The minimum atomic E-state index is -0.141. The first kappa shape index (κ1) is 20.6. The summed E-state index contributed by atoms with van der Waals surface area (Å²) in [5, 5.41) is 3.21. The largest absolute Gasteiger partial charge is 0.495 e. The van der Waals surface area contributed by atoms with Crippen molar-refractivity contribution in [3.05, 3.63) is 53.6 Å². The number of benzene rings is 2. The van der Waals surface area contributed by atoms with E-state index < -0.39 is 0 Å². The van der Waals surface area contributed by atoms with Crippen molar-refractivity contribution < 1.29 is 19.1 Å². The molecule has 7 heteroatoms. The third-order valence-electron chi connectivity index (χ3n) is 3.83. The number of amides is 2. The van der Waals surface area contributed by atoms with Gasteiger partial charge in [0.15, 0.2) is 0 Å². The Morgan fingerprint density at radius 1 is 1.15 bits per heavy atom. The van der Waals surface area contributed by atoms with Crippen molar-refractivity contribution in [2.24, 2.45) is 0 Å². The molecule has 0 saturated heterocycles. The molecule has 0 bridgehead atoms. The molecule has 0 fully saturated rings. The van der Waals surface area contributed by atoms with E-state index >= 15 is 0 Å². The van der Waals surface area contributed by atoms with E-state index in [1.54, 1.807) is 23.1 Å². The zero-order chi connectivity index (χ0) is 19.6. The average Bonchev–Trinajstić information content (AvgIpc) is 2.66. The maximum Gasteiger partial charge on any atom is 0.223 e. The van der Waals surface area contributed by atoms with Gasteiger partial charge in [-0.25, -0.2) is 0 Å². The van der Waals surface area contributed by atoms with Crippen molar-refractivity contribution in [3.8, 4) is 11.5 Å². The lowest BCUT2D eigenvalue weighted by Gasteiger charge is -2.22. The quantitative estimate of drug-likeness (QED) is 0.713. The fraction of sp³-hybridized carbons (Fsp3) is 0.300. The van der Waals surface area contributed by atoms with Crippen LogP contribution in [0, 0.1) is 0 Å². The molecule has 0 radical (unpaired) electrons. The maximum atomic E-state index is 11.9. The lowest BCUT2D eigenvalue weighted by molar-refractivity contribution is -0.122. The Labute approximate surface area is 164 Å². The highest BCUT2D eigenvalue weighted by Crippen LogP contribution is 2.29. The third-order valence-corrected chi connectivity index (χ3v) is 4.12. The summed E-state index contributed by atoms with van der Waals surface area (Å²) in [4.78, 5) is 25.4. The van der Waals surface area contributed by atoms with Gasteiger partial charge in [-0.05, 0) is 30.3 Å². The van der Waals surface area contributed by atoms with Crippen LogP contribution in [0.25, 0.3) is 0 Å². The van der Waals surface area contributed by atoms with E-state index in [9.17, 15) is 9.59 Å². The van der Waals surface area contributed by atoms with Crippen molar-refractivity contribution in [1.82, 2.24) is 5.32 Å². The van der Waals surface area contributed by atoms with Crippen LogP contribution >= 0.6 is 11.6 Å². The fourth-order valence-corrected chi connectivity index (χ4v) is 2.72. The number of nitrogens with one attached hydrogen (secondary N) is 1. The maximum absolute atomic E-state index is 11.9. The smallest absolute Gasteiger partial charge is 0.223 e. The standard InChI is InChI=1S/C20H23ClN2O4/c1-15(24)23(16-8-9-19(26-2)18(21)14-16)12-11-22-20(25)10-13-27-17-6-4-3-5-7-17/h3-9,14H,10-13H2,1-2H3,(H,22,25). The topological polar surface area (TPSA) is 67.9 Å². The van der Waals surface area contributed by atoms with Crippen LogP contribution in [0.5, 0.6) is 11.5 Å². The summed E-state index contributed by atoms with van der Waals surface area (Å²) < 4.78 is 10.6. The summed E-state index contributed by atoms with van der Waals surface area (Å²) in [6.45, 7) is 2.42. The summed E-state index contributed by atoms with van der Waals surface area (Å²) in [5.74, 6) is 0.986. The van der Waals surface area contributed by atoms with E-state index in [-0.39, 0.29) is 18.2 Å². The van der Waals surface area contributed by atoms with Crippen LogP contribution in [-0.2, 0) is 9.59 Å². The molecule has 0 heterocycles. The van der Waals surface area contributed by atoms with Gasteiger partial charge in [0.25, 0.3) is 0 Å². The highest BCUT2D eigenvalue weighted by molar-refractivity contribution is 6.32. The van der Waals surface area contributed by atoms with Crippen LogP contribution in [0.4, 0.5) is 5.69 Å². The van der Waals surface area contributed by atoms with E-state index in [0.29, 0.717) is 36.2 Å². The Bertz CT molecular complexity index is 768. The minimum absolute atomic E-state index is 0.137. The first-order valence-corrected chi connectivity index (χ1v) is 8.95. The second-order valence-corrected chi connectivity index (χ2v) is 6.16. The molecule has 0 aliphatic rings. The molecule has 0 atom stereocenters. The number of methoxy groups -OCH3 is 1. The summed E-state index contributed by atoms with van der Waals surface area (Å²) in [7, 11) is 1.53. The highest BCUT2D eigenvalue weighted by Gasteiger charge is 2.14. The molecule has 144 valence electrons. The molecule has 2 rings (SSSR count). The van der Waals surface area contributed by atoms with Crippen molar-refractivity contribution >= 4 is 29.1 Å². The van der Waals surface area contributed by atoms with E-state index in [4.69, 9.17) is 21.1 Å². The molecular weight excluding hydrogens is 368 g/mol. The van der Waals surface area contributed by atoms with Gasteiger partial charge in [0, 0.05) is 25.7 Å². The molecule has 2 aromatic carbocycles. The zero-order valence-electron chi connectivity index (χ0n) is 15.4. The molecule has 27 heavy (non-hydrogen) atoms. The molecule has 0 saturated carbocycles. The minimum Gasteiger partial charge on any atom is -0.495 e. The van der Waals surface area contributed by atoms with E-state index in [1.807, 2.05) is 30.3 Å². The van der Waals surface area contributed by atoms with Crippen LogP contribution in [0.15, 0.2) is 48.5 Å². The van der Waals surface area contributed by atoms with Gasteiger partial charge in [-0.3, -0.25) is 9.59 Å². The van der Waals surface area contributed by atoms with Crippen LogP contribution in [-0.4, -0.2) is 38.6 Å². The Kier molecular flexibility index (Phi) is 7.95. The molecular formula is C20H23ClN2O4. The first-order valence-electron chi connectivity index (χ1n) is 8.57. The Morgan fingerprint density at radius 3 is 2.52 bits per heavy atom. The van der Waals surface area contributed by atoms with Gasteiger partial charge in [-0.1, -0.05) is 29.8 Å². The average molecular weight is 391 g/mol. The second kappa shape index (κ2) is 10.4. The fourth-order valence-electron chi connectivity index (χ4n) is 2.47. The number of carbonyl (C=O) groups excluding carboxylic acids is 2. The summed E-state index contributed by atoms with van der Waals surface area (Å²) >= 11 is 6.12. The van der Waals surface area contributed by atoms with E-state index in [1.165, 1.54) is 14.0 Å². The third kappa shape index (κ3) is 6.49. The SMILES string of the molecule is COc1ccc(N(CCNC(=O)CCOc2ccccc2)C(C)=O)cc1Cl. The molecule has 0 spiro atoms. The van der Waals surface area contributed by atoms with E-state index in [2.05, 4.69) is 5.32 Å². The highest BCUT2D eigenvalue weighted by atomic mass is 35.5. The Balaban J connectivity index is 1.79. The van der Waals surface area contributed by atoms with Crippen LogP contribution < -0.4 is 19.7 Å². The Morgan fingerprint density at radius 2 is 1.89 bits per heavy atom. The van der Waals surface area contributed by atoms with Crippen LogP contribution in [0.1, 0.15) is 13.3 Å². The molecule has 0 aromatic heterocycles. The number of rotatable bonds is 9. The molecule has 0 unspecified atom stereocenters. The monoisotopic (exact) mass is 390 g/mol. The number of para-hydroxylation sites is 1. The number of halogens is 1. The lowest BCUT2D eigenvalue weighted by atomic mass is 10.2. The number of nitrogens with zero attached hydrogens (tertiary/aromatic N) is 1. The van der Waals surface area contributed by atoms with Gasteiger partial charge >= 0.3 is 0 Å². The second-order valence-electron chi connectivity index (χ2n) is 5.75. The molecule has 2 amide bonds. The van der Waals surface area contributed by atoms with Crippen LogP contribution in [0.2, 0.25) is 5.02 Å². The van der Waals surface area contributed by atoms with Gasteiger partial charge in [-0.15, -0.1) is 0 Å². The van der Waals surface area contributed by atoms with Crippen molar-refractivity contribution in [1.29, 1.82) is 0 Å². The van der Waals surface area contributed by atoms with Gasteiger partial charge in [0.1, 0.15) is 11.5 Å². The normalized spacial score (nSPS) is 10.2. The lowest BCUT2D eigenvalue weighted by Crippen LogP contribution is -2.37. The van der Waals surface area contributed by atoms with Crippen LogP contribution in [0.3, 0.4) is 0 Å². The number of anilines is 1. The zero-order valence-corrected chi connectivity index (χ0v) is 16.2. The van der Waals surface area contributed by atoms with Gasteiger partial charge < -0.3 is 19.7 Å². The van der Waals surface area contributed by atoms with Crippen molar-refractivity contribution in [2.45, 2.75) is 13.3 Å². The number of hydrogen-bond acceptors (Lipinski definition) is 4. The van der Waals surface area contributed by atoms with E-state index in [0.717, 1.165) is 5.75 Å². The predicted molar refractivity (Wildman–Crippen MR) is 106 cm³/mol. The van der Waals surface area contributed by atoms with Gasteiger partial charge in [0.2, 0.25) is 11.8 Å². The summed E-state index contributed by atoms with van der Waals surface area (Å²) in [5.41, 5.74) is 0.648. The number of hydrogen-bond donors (Lipinski definition) is 1. The van der Waals surface area contributed by atoms with Gasteiger partial charge in [0.05, 0.1) is 25.2 Å². The Hall–Kier alpha value is -2.73. The molecule has 2 aromatic rings. The molecule has 1 N–H and O–H groups in total. The van der Waals surface area contributed by atoms with Crippen molar-refractivity contribution in [3.63, 3.8) is 0 Å².